The lowest BCUT2D eigenvalue weighted by Crippen LogP contribution is -2.37. The molecule has 4 aromatic rings. The van der Waals surface area contributed by atoms with E-state index in [1.54, 1.807) is 0 Å². The molecular formula is C27H29N7O2. The van der Waals surface area contributed by atoms with Crippen LogP contribution in [-0.2, 0) is 4.74 Å². The second kappa shape index (κ2) is 10.6. The number of rotatable bonds is 6. The number of amides is 2. The van der Waals surface area contributed by atoms with Gasteiger partial charge in [-0.1, -0.05) is 48.0 Å². The maximum absolute atomic E-state index is 13.0. The molecule has 1 aromatic heterocycles. The highest BCUT2D eigenvalue weighted by molar-refractivity contribution is 6.02. The quantitative estimate of drug-likeness (QED) is 0.352. The zero-order chi connectivity index (χ0) is 24.9. The van der Waals surface area contributed by atoms with Crippen LogP contribution in [0.4, 0.5) is 21.9 Å². The number of anilines is 3. The number of tetrazole rings is 1. The Labute approximate surface area is 209 Å². The van der Waals surface area contributed by atoms with E-state index in [1.807, 2.05) is 61.5 Å². The summed E-state index contributed by atoms with van der Waals surface area (Å²) < 4.78 is 5.56. The van der Waals surface area contributed by atoms with E-state index in [2.05, 4.69) is 55.3 Å². The van der Waals surface area contributed by atoms with Gasteiger partial charge in [-0.25, -0.2) is 9.89 Å². The molecule has 0 bridgehead atoms. The minimum atomic E-state index is -0.301. The van der Waals surface area contributed by atoms with E-state index in [4.69, 9.17) is 4.74 Å². The Kier molecular flexibility index (Phi) is 6.90. The van der Waals surface area contributed by atoms with E-state index >= 15 is 0 Å². The van der Waals surface area contributed by atoms with E-state index in [0.717, 1.165) is 65.4 Å². The molecule has 9 heteroatoms. The molecule has 0 radical (unpaired) electrons. The van der Waals surface area contributed by atoms with Gasteiger partial charge in [-0.05, 0) is 65.6 Å². The molecule has 0 saturated carbocycles. The zero-order valence-corrected chi connectivity index (χ0v) is 20.4. The zero-order valence-electron chi connectivity index (χ0n) is 20.4. The van der Waals surface area contributed by atoms with Crippen molar-refractivity contribution in [3.63, 3.8) is 0 Å². The standard InChI is InChI=1S/C27H29N7O2/c1-18-7-10-20(11-8-18)28-27(35)29-24-17-19(9-12-25(24)34(2)21-13-15-36-16-14-21)22-5-3-4-6-23(22)26-30-32-33-31-26/h3-12,17,21H,13-16H2,1-2H3,(H2,28,29,35)(H,30,31,32,33). The molecule has 0 spiro atoms. The van der Waals surface area contributed by atoms with Gasteiger partial charge in [0.05, 0.1) is 11.4 Å². The van der Waals surface area contributed by atoms with Gasteiger partial charge in [0.15, 0.2) is 5.82 Å². The van der Waals surface area contributed by atoms with Crippen molar-refractivity contribution in [2.45, 2.75) is 25.8 Å². The van der Waals surface area contributed by atoms with Gasteiger partial charge in [0, 0.05) is 37.6 Å². The van der Waals surface area contributed by atoms with Crippen molar-refractivity contribution in [1.82, 2.24) is 20.6 Å². The fourth-order valence-corrected chi connectivity index (χ4v) is 4.52. The topological polar surface area (TPSA) is 108 Å². The monoisotopic (exact) mass is 483 g/mol. The second-order valence-electron chi connectivity index (χ2n) is 8.93. The first-order chi connectivity index (χ1) is 17.6. The van der Waals surface area contributed by atoms with Gasteiger partial charge in [-0.2, -0.15) is 0 Å². The lowest BCUT2D eigenvalue weighted by molar-refractivity contribution is 0.0855. The predicted molar refractivity (Wildman–Crippen MR) is 141 cm³/mol. The number of urea groups is 1. The van der Waals surface area contributed by atoms with Crippen LogP contribution in [0.15, 0.2) is 66.7 Å². The van der Waals surface area contributed by atoms with E-state index in [1.165, 1.54) is 0 Å². The summed E-state index contributed by atoms with van der Waals surface area (Å²) in [5, 5.41) is 20.4. The van der Waals surface area contributed by atoms with Crippen molar-refractivity contribution in [3.05, 3.63) is 72.3 Å². The highest BCUT2D eigenvalue weighted by atomic mass is 16.5. The second-order valence-corrected chi connectivity index (χ2v) is 8.93. The Bertz CT molecular complexity index is 1320. The average Bonchev–Trinajstić information content (AvgIpc) is 3.45. The molecule has 1 fully saturated rings. The summed E-state index contributed by atoms with van der Waals surface area (Å²) in [6.07, 6.45) is 1.88. The van der Waals surface area contributed by atoms with Crippen LogP contribution in [0.1, 0.15) is 18.4 Å². The number of aromatic amines is 1. The van der Waals surface area contributed by atoms with Gasteiger partial charge in [0.1, 0.15) is 0 Å². The Hall–Kier alpha value is -4.24. The van der Waals surface area contributed by atoms with E-state index in [0.29, 0.717) is 11.9 Å². The molecule has 3 aromatic carbocycles. The molecule has 184 valence electrons. The minimum Gasteiger partial charge on any atom is -0.381 e. The van der Waals surface area contributed by atoms with Crippen LogP contribution in [-0.4, -0.2) is 53.0 Å². The van der Waals surface area contributed by atoms with E-state index < -0.39 is 0 Å². The summed E-state index contributed by atoms with van der Waals surface area (Å²) >= 11 is 0. The number of aryl methyl sites for hydroxylation is 1. The van der Waals surface area contributed by atoms with Crippen LogP contribution in [0, 0.1) is 6.92 Å². The van der Waals surface area contributed by atoms with E-state index in [-0.39, 0.29) is 6.03 Å². The van der Waals surface area contributed by atoms with E-state index in [9.17, 15) is 4.79 Å². The molecule has 0 unspecified atom stereocenters. The van der Waals surface area contributed by atoms with Crippen LogP contribution in [0.2, 0.25) is 0 Å². The van der Waals surface area contributed by atoms with Gasteiger partial charge in [-0.3, -0.25) is 0 Å². The first-order valence-corrected chi connectivity index (χ1v) is 12.0. The maximum Gasteiger partial charge on any atom is 0.323 e. The van der Waals surface area contributed by atoms with Gasteiger partial charge < -0.3 is 20.3 Å². The SMILES string of the molecule is Cc1ccc(NC(=O)Nc2cc(-c3ccccc3-c3nnn[nH]3)ccc2N(C)C2CCOCC2)cc1. The summed E-state index contributed by atoms with van der Waals surface area (Å²) in [5.41, 5.74) is 6.31. The molecule has 9 nitrogen and oxygen atoms in total. The van der Waals surface area contributed by atoms with Gasteiger partial charge in [0.25, 0.3) is 0 Å². The number of carbonyl (C=O) groups excluding carboxylic acids is 1. The first kappa shape index (κ1) is 23.5. The number of carbonyl (C=O) groups is 1. The van der Waals surface area contributed by atoms with Gasteiger partial charge >= 0.3 is 6.03 Å². The molecule has 1 aliphatic rings. The van der Waals surface area contributed by atoms with Crippen LogP contribution in [0.5, 0.6) is 0 Å². The molecular weight excluding hydrogens is 454 g/mol. The average molecular weight is 484 g/mol. The third kappa shape index (κ3) is 5.21. The highest BCUT2D eigenvalue weighted by Crippen LogP contribution is 2.36. The van der Waals surface area contributed by atoms with Crippen molar-refractivity contribution >= 4 is 23.1 Å². The number of benzene rings is 3. The lowest BCUT2D eigenvalue weighted by atomic mass is 9.97. The Morgan fingerprint density at radius 2 is 1.75 bits per heavy atom. The maximum atomic E-state index is 13.0. The number of ether oxygens (including phenoxy) is 1. The Morgan fingerprint density at radius 1 is 1.00 bits per heavy atom. The summed E-state index contributed by atoms with van der Waals surface area (Å²) in [5.74, 6) is 0.584. The summed E-state index contributed by atoms with van der Waals surface area (Å²) in [4.78, 5) is 15.3. The van der Waals surface area contributed by atoms with Crippen LogP contribution in [0.3, 0.4) is 0 Å². The number of H-pyrrole nitrogens is 1. The number of nitrogens with one attached hydrogen (secondary N) is 3. The molecule has 1 saturated heterocycles. The third-order valence-corrected chi connectivity index (χ3v) is 6.51. The molecule has 36 heavy (non-hydrogen) atoms. The molecule has 2 heterocycles. The van der Waals surface area contributed by atoms with Crippen molar-refractivity contribution < 1.29 is 9.53 Å². The number of nitrogens with zero attached hydrogens (tertiary/aromatic N) is 4. The molecule has 1 aliphatic heterocycles. The van der Waals surface area contributed by atoms with Crippen LogP contribution in [0.25, 0.3) is 22.5 Å². The Balaban J connectivity index is 1.49. The van der Waals surface area contributed by atoms with Crippen LogP contribution < -0.4 is 15.5 Å². The summed E-state index contributed by atoms with van der Waals surface area (Å²) in [6, 6.07) is 21.8. The number of hydrogen-bond donors (Lipinski definition) is 3. The minimum absolute atomic E-state index is 0.301. The molecule has 0 atom stereocenters. The van der Waals surface area contributed by atoms with Crippen molar-refractivity contribution in [2.75, 3.05) is 35.8 Å². The van der Waals surface area contributed by atoms with Gasteiger partial charge in [-0.15, -0.1) is 5.10 Å². The normalized spacial score (nSPS) is 13.8. The van der Waals surface area contributed by atoms with Crippen LogP contribution >= 0.6 is 0 Å². The fraction of sp³-hybridized carbons (Fsp3) is 0.259. The predicted octanol–water partition coefficient (Wildman–Crippen LogP) is 5.10. The summed E-state index contributed by atoms with van der Waals surface area (Å²) in [6.45, 7) is 3.49. The number of aromatic nitrogens is 4. The third-order valence-electron chi connectivity index (χ3n) is 6.51. The fourth-order valence-electron chi connectivity index (χ4n) is 4.52. The highest BCUT2D eigenvalue weighted by Gasteiger charge is 2.22. The Morgan fingerprint density at radius 3 is 2.47 bits per heavy atom. The summed E-state index contributed by atoms with van der Waals surface area (Å²) in [7, 11) is 2.07. The van der Waals surface area contributed by atoms with Crippen molar-refractivity contribution in [3.8, 4) is 22.5 Å². The molecule has 5 rings (SSSR count). The smallest absolute Gasteiger partial charge is 0.323 e. The molecule has 3 N–H and O–H groups in total. The molecule has 2 amide bonds. The van der Waals surface area contributed by atoms with Crippen molar-refractivity contribution in [1.29, 1.82) is 0 Å². The first-order valence-electron chi connectivity index (χ1n) is 12.0. The molecule has 0 aliphatic carbocycles. The van der Waals surface area contributed by atoms with Crippen molar-refractivity contribution in [2.24, 2.45) is 0 Å². The largest absolute Gasteiger partial charge is 0.381 e. The van der Waals surface area contributed by atoms with Gasteiger partial charge in [0.2, 0.25) is 0 Å². The lowest BCUT2D eigenvalue weighted by Gasteiger charge is -2.34. The number of hydrogen-bond acceptors (Lipinski definition) is 6.